The van der Waals surface area contributed by atoms with Crippen LogP contribution in [0.2, 0.25) is 0 Å². The van der Waals surface area contributed by atoms with E-state index in [2.05, 4.69) is 5.10 Å². The molecule has 0 unspecified atom stereocenters. The highest BCUT2D eigenvalue weighted by molar-refractivity contribution is 6.30. The summed E-state index contributed by atoms with van der Waals surface area (Å²) in [7, 11) is 1.64. The molecular formula is C8H7ClN2O. The fourth-order valence-corrected chi connectivity index (χ4v) is 1.13. The Hall–Kier alpha value is -1.22. The molecule has 0 fully saturated rings. The number of amidine groups is 1. The molecule has 0 aliphatic carbocycles. The normalized spacial score (nSPS) is 14.2. The molecule has 0 spiro atoms. The Kier molecular flexibility index (Phi) is 1.66. The Balaban J connectivity index is 2.20. The topological polar surface area (TPSA) is 24.6 Å². The number of halogens is 1. The lowest BCUT2D eigenvalue weighted by Crippen LogP contribution is -1.93. The summed E-state index contributed by atoms with van der Waals surface area (Å²) in [5, 5.41) is 3.86. The van der Waals surface area contributed by atoms with Gasteiger partial charge in [0, 0.05) is 17.3 Å². The van der Waals surface area contributed by atoms with Crippen LogP contribution in [-0.2, 0) is 0 Å². The van der Waals surface area contributed by atoms with Gasteiger partial charge in [0.1, 0.15) is 5.75 Å². The molecule has 0 radical (unpaired) electrons. The minimum Gasteiger partial charge on any atom is -0.497 e. The predicted octanol–water partition coefficient (Wildman–Crippen LogP) is 1.83. The maximum absolute atomic E-state index is 5.56. The van der Waals surface area contributed by atoms with Crippen LogP contribution in [0, 0.1) is 0 Å². The first-order valence-electron chi connectivity index (χ1n) is 3.50. The molecule has 1 heterocycles. The summed E-state index contributed by atoms with van der Waals surface area (Å²) in [5.74, 6) is 1.64. The second-order valence-electron chi connectivity index (χ2n) is 2.41. The molecule has 0 amide bonds. The SMILES string of the molecule is COc1ccc(C2=NN2Cl)cc1. The van der Waals surface area contributed by atoms with Crippen LogP contribution in [-0.4, -0.2) is 17.5 Å². The van der Waals surface area contributed by atoms with E-state index in [-0.39, 0.29) is 0 Å². The Morgan fingerprint density at radius 3 is 2.33 bits per heavy atom. The molecule has 1 aromatic carbocycles. The van der Waals surface area contributed by atoms with E-state index in [4.69, 9.17) is 16.5 Å². The highest BCUT2D eigenvalue weighted by atomic mass is 35.5. The van der Waals surface area contributed by atoms with Crippen molar-refractivity contribution in [1.29, 1.82) is 0 Å². The second-order valence-corrected chi connectivity index (χ2v) is 2.73. The van der Waals surface area contributed by atoms with E-state index in [1.165, 1.54) is 4.53 Å². The number of ether oxygens (including phenoxy) is 1. The molecule has 0 aromatic heterocycles. The van der Waals surface area contributed by atoms with Crippen molar-refractivity contribution in [3.8, 4) is 5.75 Å². The third-order valence-corrected chi connectivity index (χ3v) is 1.90. The molecule has 0 bridgehead atoms. The van der Waals surface area contributed by atoms with Gasteiger partial charge < -0.3 is 4.74 Å². The summed E-state index contributed by atoms with van der Waals surface area (Å²) in [6, 6.07) is 7.59. The minimum atomic E-state index is 0.805. The Morgan fingerprint density at radius 2 is 1.92 bits per heavy atom. The van der Waals surface area contributed by atoms with E-state index in [1.54, 1.807) is 7.11 Å². The lowest BCUT2D eigenvalue weighted by Gasteiger charge is -1.98. The monoisotopic (exact) mass is 182 g/mol. The Bertz CT molecular complexity index is 320. The zero-order chi connectivity index (χ0) is 8.55. The van der Waals surface area contributed by atoms with Crippen LogP contribution in [0.1, 0.15) is 5.56 Å². The minimum absolute atomic E-state index is 0.805. The van der Waals surface area contributed by atoms with Crippen LogP contribution in [0.5, 0.6) is 5.75 Å². The van der Waals surface area contributed by atoms with Crippen molar-refractivity contribution in [1.82, 2.24) is 4.53 Å². The summed E-state index contributed by atoms with van der Waals surface area (Å²) >= 11 is 5.56. The summed E-state index contributed by atoms with van der Waals surface area (Å²) in [4.78, 5) is 0. The van der Waals surface area contributed by atoms with Gasteiger partial charge in [0.05, 0.1) is 7.11 Å². The van der Waals surface area contributed by atoms with E-state index in [0.29, 0.717) is 0 Å². The first-order valence-corrected chi connectivity index (χ1v) is 3.84. The van der Waals surface area contributed by atoms with Crippen LogP contribution in [0.25, 0.3) is 0 Å². The van der Waals surface area contributed by atoms with Crippen LogP contribution < -0.4 is 4.74 Å². The quantitative estimate of drug-likeness (QED) is 0.652. The highest BCUT2D eigenvalue weighted by Crippen LogP contribution is 2.22. The summed E-state index contributed by atoms with van der Waals surface area (Å²) < 4.78 is 6.33. The van der Waals surface area contributed by atoms with Crippen molar-refractivity contribution in [2.24, 2.45) is 5.10 Å². The average Bonchev–Trinajstić information content (AvgIpc) is 2.83. The van der Waals surface area contributed by atoms with Crippen LogP contribution in [0.15, 0.2) is 29.4 Å². The Morgan fingerprint density at radius 1 is 1.33 bits per heavy atom. The zero-order valence-electron chi connectivity index (χ0n) is 6.49. The van der Waals surface area contributed by atoms with Crippen LogP contribution >= 0.6 is 11.8 Å². The molecular weight excluding hydrogens is 176 g/mol. The summed E-state index contributed by atoms with van der Waals surface area (Å²) in [6.45, 7) is 0. The molecule has 0 saturated carbocycles. The fourth-order valence-electron chi connectivity index (χ4n) is 0.965. The van der Waals surface area contributed by atoms with Crippen molar-refractivity contribution in [3.05, 3.63) is 29.8 Å². The molecule has 0 N–H and O–H groups in total. The maximum Gasteiger partial charge on any atom is 0.195 e. The predicted molar refractivity (Wildman–Crippen MR) is 47.2 cm³/mol. The summed E-state index contributed by atoms with van der Waals surface area (Å²) in [5.41, 5.74) is 1.01. The zero-order valence-corrected chi connectivity index (χ0v) is 7.25. The van der Waals surface area contributed by atoms with E-state index < -0.39 is 0 Å². The number of hydrazone groups is 1. The first-order chi connectivity index (χ1) is 5.81. The van der Waals surface area contributed by atoms with Crippen LogP contribution in [0.3, 0.4) is 0 Å². The average molecular weight is 183 g/mol. The molecule has 62 valence electrons. The third-order valence-electron chi connectivity index (χ3n) is 1.67. The number of hydrogen-bond donors (Lipinski definition) is 0. The van der Waals surface area contributed by atoms with Gasteiger partial charge in [-0.2, -0.15) is 0 Å². The molecule has 0 atom stereocenters. The number of methoxy groups -OCH3 is 1. The molecule has 2 rings (SSSR count). The first kappa shape index (κ1) is 7.43. The highest BCUT2D eigenvalue weighted by Gasteiger charge is 2.23. The molecule has 1 aliphatic heterocycles. The van der Waals surface area contributed by atoms with Crippen molar-refractivity contribution in [2.75, 3.05) is 7.11 Å². The van der Waals surface area contributed by atoms with Gasteiger partial charge in [-0.1, -0.05) is 0 Å². The van der Waals surface area contributed by atoms with Gasteiger partial charge in [-0.15, -0.1) is 9.63 Å². The van der Waals surface area contributed by atoms with Gasteiger partial charge in [-0.05, 0) is 24.3 Å². The van der Waals surface area contributed by atoms with Crippen molar-refractivity contribution in [2.45, 2.75) is 0 Å². The van der Waals surface area contributed by atoms with Gasteiger partial charge in [-0.25, -0.2) is 0 Å². The lowest BCUT2D eigenvalue weighted by molar-refractivity contribution is 0.415. The van der Waals surface area contributed by atoms with Crippen LogP contribution in [0.4, 0.5) is 0 Å². The fraction of sp³-hybridized carbons (Fsp3) is 0.125. The van der Waals surface area contributed by atoms with Gasteiger partial charge in [-0.3, -0.25) is 0 Å². The maximum atomic E-state index is 5.56. The molecule has 1 aromatic rings. The van der Waals surface area contributed by atoms with Gasteiger partial charge >= 0.3 is 0 Å². The second kappa shape index (κ2) is 2.68. The lowest BCUT2D eigenvalue weighted by atomic mass is 10.2. The van der Waals surface area contributed by atoms with Crippen molar-refractivity contribution >= 4 is 17.6 Å². The number of benzene rings is 1. The third kappa shape index (κ3) is 1.23. The molecule has 1 aliphatic rings. The largest absolute Gasteiger partial charge is 0.497 e. The summed E-state index contributed by atoms with van der Waals surface area (Å²) in [6.07, 6.45) is 0. The smallest absolute Gasteiger partial charge is 0.195 e. The van der Waals surface area contributed by atoms with Gasteiger partial charge in [0.15, 0.2) is 5.84 Å². The molecule has 3 nitrogen and oxygen atoms in total. The molecule has 4 heteroatoms. The number of rotatable bonds is 2. The van der Waals surface area contributed by atoms with E-state index in [9.17, 15) is 0 Å². The number of nitrogens with zero attached hydrogens (tertiary/aromatic N) is 2. The molecule has 0 saturated heterocycles. The standard InChI is InChI=1S/C8H7ClN2O/c1-12-7-4-2-6(3-5-7)8-10-11(8)9/h2-5H,1H3. The van der Waals surface area contributed by atoms with Gasteiger partial charge in [0.2, 0.25) is 0 Å². The van der Waals surface area contributed by atoms with E-state index in [1.807, 2.05) is 24.3 Å². The number of hydrogen-bond acceptors (Lipinski definition) is 3. The Labute approximate surface area is 75.3 Å². The van der Waals surface area contributed by atoms with E-state index >= 15 is 0 Å². The molecule has 12 heavy (non-hydrogen) atoms. The van der Waals surface area contributed by atoms with Crippen molar-refractivity contribution in [3.63, 3.8) is 0 Å². The van der Waals surface area contributed by atoms with Crippen molar-refractivity contribution < 1.29 is 4.74 Å². The van der Waals surface area contributed by atoms with Gasteiger partial charge in [0.25, 0.3) is 0 Å². The van der Waals surface area contributed by atoms with E-state index in [0.717, 1.165) is 17.1 Å².